The zero-order valence-electron chi connectivity index (χ0n) is 16.8. The molecular formula is C22H31NO3. The van der Waals surface area contributed by atoms with Crippen molar-refractivity contribution in [1.82, 2.24) is 4.90 Å². The van der Waals surface area contributed by atoms with Gasteiger partial charge >= 0.3 is 0 Å². The molecule has 1 aromatic carbocycles. The normalized spacial score (nSPS) is 18.2. The Hall–Kier alpha value is -2.10. The highest BCUT2D eigenvalue weighted by molar-refractivity contribution is 6.09. The van der Waals surface area contributed by atoms with Crippen LogP contribution in [-0.4, -0.2) is 28.2 Å². The molecule has 0 saturated carbocycles. The van der Waals surface area contributed by atoms with E-state index < -0.39 is 11.9 Å². The molecule has 142 valence electrons. The van der Waals surface area contributed by atoms with Gasteiger partial charge in [0.15, 0.2) is 11.5 Å². The van der Waals surface area contributed by atoms with Crippen LogP contribution in [0.4, 0.5) is 0 Å². The molecule has 0 fully saturated rings. The molecule has 0 radical (unpaired) electrons. The molecule has 1 amide bonds. The van der Waals surface area contributed by atoms with E-state index in [0.717, 1.165) is 12.0 Å². The molecule has 4 nitrogen and oxygen atoms in total. The summed E-state index contributed by atoms with van der Waals surface area (Å²) in [5, 5.41) is 10.4. The van der Waals surface area contributed by atoms with E-state index in [-0.39, 0.29) is 28.4 Å². The predicted octanol–water partition coefficient (Wildman–Crippen LogP) is 4.70. The third-order valence-corrected chi connectivity index (χ3v) is 4.75. The van der Waals surface area contributed by atoms with Gasteiger partial charge in [0.25, 0.3) is 5.91 Å². The van der Waals surface area contributed by atoms with Crippen molar-refractivity contribution in [2.24, 2.45) is 5.92 Å². The first kappa shape index (κ1) is 20.2. The molecule has 4 heteroatoms. The number of aliphatic hydroxyl groups excluding tert-OH is 1. The zero-order valence-corrected chi connectivity index (χ0v) is 16.8. The van der Waals surface area contributed by atoms with Crippen LogP contribution in [0.3, 0.4) is 0 Å². The quantitative estimate of drug-likeness (QED) is 0.802. The smallest absolute Gasteiger partial charge is 0.290 e. The van der Waals surface area contributed by atoms with Crippen molar-refractivity contribution in [2.75, 3.05) is 6.54 Å². The molecule has 1 heterocycles. The summed E-state index contributed by atoms with van der Waals surface area (Å²) < 4.78 is 0. The minimum absolute atomic E-state index is 0.0292. The van der Waals surface area contributed by atoms with Gasteiger partial charge in [-0.2, -0.15) is 0 Å². The molecule has 0 aromatic heterocycles. The number of carbonyl (C=O) groups is 2. The number of hydrogen-bond acceptors (Lipinski definition) is 3. The van der Waals surface area contributed by atoms with E-state index in [4.69, 9.17) is 0 Å². The van der Waals surface area contributed by atoms with Crippen molar-refractivity contribution in [3.05, 3.63) is 46.7 Å². The van der Waals surface area contributed by atoms with Gasteiger partial charge < -0.3 is 10.0 Å². The van der Waals surface area contributed by atoms with E-state index in [9.17, 15) is 14.7 Å². The number of nitrogens with zero attached hydrogens (tertiary/aromatic N) is 1. The van der Waals surface area contributed by atoms with Crippen molar-refractivity contribution < 1.29 is 14.7 Å². The van der Waals surface area contributed by atoms with Crippen LogP contribution in [0, 0.1) is 5.92 Å². The fraction of sp³-hybridized carbons (Fsp3) is 0.545. The lowest BCUT2D eigenvalue weighted by atomic mass is 9.85. The Morgan fingerprint density at radius 3 is 2.23 bits per heavy atom. The maximum Gasteiger partial charge on any atom is 0.290 e. The van der Waals surface area contributed by atoms with Crippen LogP contribution in [0.5, 0.6) is 0 Å². The Morgan fingerprint density at radius 1 is 1.19 bits per heavy atom. The van der Waals surface area contributed by atoms with Crippen LogP contribution in [0.15, 0.2) is 35.6 Å². The second kappa shape index (κ2) is 7.65. The first-order chi connectivity index (χ1) is 12.1. The van der Waals surface area contributed by atoms with Crippen LogP contribution in [-0.2, 0) is 15.0 Å². The van der Waals surface area contributed by atoms with Gasteiger partial charge in [0.05, 0.1) is 11.6 Å². The summed E-state index contributed by atoms with van der Waals surface area (Å²) in [5.41, 5.74) is 2.34. The Kier molecular flexibility index (Phi) is 5.94. The Balaban J connectivity index is 2.48. The minimum Gasteiger partial charge on any atom is -0.503 e. The molecule has 0 spiro atoms. The van der Waals surface area contributed by atoms with Gasteiger partial charge in [-0.3, -0.25) is 9.59 Å². The fourth-order valence-electron chi connectivity index (χ4n) is 3.40. The van der Waals surface area contributed by atoms with Gasteiger partial charge in [-0.15, -0.1) is 0 Å². The van der Waals surface area contributed by atoms with Crippen LogP contribution in [0.1, 0.15) is 71.6 Å². The summed E-state index contributed by atoms with van der Waals surface area (Å²) in [7, 11) is 0. The van der Waals surface area contributed by atoms with E-state index in [1.165, 1.54) is 5.56 Å². The Morgan fingerprint density at radius 2 is 1.77 bits per heavy atom. The third kappa shape index (κ3) is 4.00. The largest absolute Gasteiger partial charge is 0.503 e. The monoisotopic (exact) mass is 357 g/mol. The summed E-state index contributed by atoms with van der Waals surface area (Å²) in [5.74, 6) is -0.797. The highest BCUT2D eigenvalue weighted by atomic mass is 16.3. The van der Waals surface area contributed by atoms with E-state index in [1.54, 1.807) is 4.90 Å². The molecule has 0 bridgehead atoms. The molecular weight excluding hydrogens is 326 g/mol. The number of hydrogen-bond donors (Lipinski definition) is 1. The van der Waals surface area contributed by atoms with Gasteiger partial charge in [-0.25, -0.2) is 0 Å². The number of Topliss-reactive ketones (excluding diaryl/α,β-unsaturated/α-hetero) is 1. The maximum absolute atomic E-state index is 12.8. The number of amides is 1. The number of carbonyl (C=O) groups excluding carboxylic acids is 2. The summed E-state index contributed by atoms with van der Waals surface area (Å²) in [4.78, 5) is 27.0. The molecule has 1 atom stereocenters. The third-order valence-electron chi connectivity index (χ3n) is 4.75. The Labute approximate surface area is 156 Å². The first-order valence-electron chi connectivity index (χ1n) is 9.45. The Bertz CT molecular complexity index is 708. The molecule has 1 aliphatic rings. The van der Waals surface area contributed by atoms with E-state index in [2.05, 4.69) is 20.8 Å². The average Bonchev–Trinajstić information content (AvgIpc) is 2.79. The molecule has 1 aliphatic heterocycles. The SMILES string of the molecule is CCCN1C(=O)C(O)=C(C(=O)CC(C)C)C1c1ccc(C(C)(C)C)cc1. The zero-order chi connectivity index (χ0) is 19.6. The topological polar surface area (TPSA) is 57.6 Å². The number of aliphatic hydroxyl groups is 1. The second-order valence-electron chi connectivity index (χ2n) is 8.56. The molecule has 1 aromatic rings. The molecule has 26 heavy (non-hydrogen) atoms. The van der Waals surface area contributed by atoms with Crippen LogP contribution in [0.2, 0.25) is 0 Å². The van der Waals surface area contributed by atoms with Gasteiger partial charge in [0.1, 0.15) is 0 Å². The second-order valence-corrected chi connectivity index (χ2v) is 8.56. The fourth-order valence-corrected chi connectivity index (χ4v) is 3.40. The number of benzene rings is 1. The van der Waals surface area contributed by atoms with E-state index in [1.807, 2.05) is 45.0 Å². The van der Waals surface area contributed by atoms with Gasteiger partial charge in [0.2, 0.25) is 0 Å². The van der Waals surface area contributed by atoms with Crippen molar-refractivity contribution in [2.45, 2.75) is 65.8 Å². The summed E-state index contributed by atoms with van der Waals surface area (Å²) in [6, 6.07) is 7.54. The molecule has 2 rings (SSSR count). The maximum atomic E-state index is 12.8. The molecule has 1 unspecified atom stereocenters. The predicted molar refractivity (Wildman–Crippen MR) is 104 cm³/mol. The lowest BCUT2D eigenvalue weighted by Gasteiger charge is -2.27. The first-order valence-corrected chi connectivity index (χ1v) is 9.45. The van der Waals surface area contributed by atoms with E-state index in [0.29, 0.717) is 13.0 Å². The minimum atomic E-state index is -0.497. The highest BCUT2D eigenvalue weighted by Crippen LogP contribution is 2.39. The lowest BCUT2D eigenvalue weighted by Crippen LogP contribution is -2.32. The van der Waals surface area contributed by atoms with Crippen molar-refractivity contribution in [3.8, 4) is 0 Å². The van der Waals surface area contributed by atoms with Crippen LogP contribution < -0.4 is 0 Å². The number of rotatable bonds is 6. The van der Waals surface area contributed by atoms with Gasteiger partial charge in [0, 0.05) is 13.0 Å². The van der Waals surface area contributed by atoms with Crippen molar-refractivity contribution >= 4 is 11.7 Å². The summed E-state index contributed by atoms with van der Waals surface area (Å²) >= 11 is 0. The van der Waals surface area contributed by atoms with E-state index >= 15 is 0 Å². The van der Waals surface area contributed by atoms with Crippen molar-refractivity contribution in [1.29, 1.82) is 0 Å². The standard InChI is InChI=1S/C22H31NO3/c1-7-12-23-19(15-8-10-16(11-9-15)22(4,5)6)18(20(25)21(23)26)17(24)13-14(2)3/h8-11,14,19,25H,7,12-13H2,1-6H3. The average molecular weight is 357 g/mol. The molecule has 0 saturated heterocycles. The van der Waals surface area contributed by atoms with Gasteiger partial charge in [-0.05, 0) is 28.9 Å². The molecule has 1 N–H and O–H groups in total. The lowest BCUT2D eigenvalue weighted by molar-refractivity contribution is -0.129. The summed E-state index contributed by atoms with van der Waals surface area (Å²) in [6.07, 6.45) is 1.09. The molecule has 0 aliphatic carbocycles. The number of ketones is 1. The van der Waals surface area contributed by atoms with Crippen LogP contribution >= 0.6 is 0 Å². The highest BCUT2D eigenvalue weighted by Gasteiger charge is 2.42. The van der Waals surface area contributed by atoms with Gasteiger partial charge in [-0.1, -0.05) is 65.8 Å². The van der Waals surface area contributed by atoms with Crippen LogP contribution in [0.25, 0.3) is 0 Å². The van der Waals surface area contributed by atoms with Crippen molar-refractivity contribution in [3.63, 3.8) is 0 Å². The summed E-state index contributed by atoms with van der Waals surface area (Å²) in [6.45, 7) is 12.9.